The maximum atomic E-state index is 11.5. The van der Waals surface area contributed by atoms with E-state index in [4.69, 9.17) is 55.9 Å². The van der Waals surface area contributed by atoms with Crippen LogP contribution in [0.15, 0.2) is 24.3 Å². The molecule has 1 aromatic rings. The Morgan fingerprint density at radius 1 is 0.750 bits per heavy atom. The second-order valence-corrected chi connectivity index (χ2v) is 6.44. The maximum Gasteiger partial charge on any atom is 0.333 e. The molecule has 1 aromatic carbocycles. The molecule has 0 unspecified atom stereocenters. The zero-order valence-corrected chi connectivity index (χ0v) is 16.0. The molecule has 0 saturated heterocycles. The Balaban J connectivity index is 3.16. The van der Waals surface area contributed by atoms with Crippen molar-refractivity contribution < 1.29 is 19.1 Å². The second kappa shape index (κ2) is 8.77. The van der Waals surface area contributed by atoms with Crippen LogP contribution >= 0.6 is 46.4 Å². The summed E-state index contributed by atoms with van der Waals surface area (Å²) in [5, 5.41) is 0.219. The summed E-state index contributed by atoms with van der Waals surface area (Å²) >= 11 is 24.6. The van der Waals surface area contributed by atoms with Gasteiger partial charge in [0.1, 0.15) is 13.2 Å². The normalized spacial score (nSPS) is 10.2. The fraction of sp³-hybridized carbons (Fsp3) is 0.250. The maximum absolute atomic E-state index is 11.5. The first kappa shape index (κ1) is 20.8. The van der Waals surface area contributed by atoms with E-state index in [9.17, 15) is 9.59 Å². The monoisotopic (exact) mass is 410 g/mol. The van der Waals surface area contributed by atoms with Gasteiger partial charge in [-0.2, -0.15) is 0 Å². The molecule has 0 aromatic heterocycles. The summed E-state index contributed by atoms with van der Waals surface area (Å²) in [5.41, 5.74) is 0.947. The largest absolute Gasteiger partial charge is 0.457 e. The summed E-state index contributed by atoms with van der Waals surface area (Å²) in [6, 6.07) is 0. The lowest BCUT2D eigenvalue weighted by atomic mass is 10.1. The molecule has 0 aliphatic carbocycles. The summed E-state index contributed by atoms with van der Waals surface area (Å²) in [4.78, 5) is 23.0. The minimum Gasteiger partial charge on any atom is -0.457 e. The van der Waals surface area contributed by atoms with Crippen molar-refractivity contribution in [1.29, 1.82) is 0 Å². The van der Waals surface area contributed by atoms with E-state index in [1.54, 1.807) is 0 Å². The molecule has 4 nitrogen and oxygen atoms in total. The average molecular weight is 412 g/mol. The van der Waals surface area contributed by atoms with E-state index in [0.717, 1.165) is 0 Å². The number of ether oxygens (including phenoxy) is 2. The summed E-state index contributed by atoms with van der Waals surface area (Å²) in [6.07, 6.45) is 0. The number of rotatable bonds is 6. The average Bonchev–Trinajstić information content (AvgIpc) is 2.51. The van der Waals surface area contributed by atoms with Gasteiger partial charge in [0.2, 0.25) is 0 Å². The van der Waals surface area contributed by atoms with Gasteiger partial charge in [0, 0.05) is 22.3 Å². The molecule has 1 rings (SSSR count). The lowest BCUT2D eigenvalue weighted by molar-refractivity contribution is -0.140. The van der Waals surface area contributed by atoms with Gasteiger partial charge in [-0.15, -0.1) is 0 Å². The number of hydrogen-bond acceptors (Lipinski definition) is 4. The Bertz CT molecular complexity index is 668. The molecule has 0 spiro atoms. The third kappa shape index (κ3) is 4.90. The summed E-state index contributed by atoms with van der Waals surface area (Å²) in [7, 11) is 0. The van der Waals surface area contributed by atoms with Gasteiger partial charge >= 0.3 is 11.9 Å². The van der Waals surface area contributed by atoms with Crippen LogP contribution in [-0.4, -0.2) is 11.9 Å². The van der Waals surface area contributed by atoms with Gasteiger partial charge in [0.05, 0.1) is 20.1 Å². The van der Waals surface area contributed by atoms with Crippen LogP contribution in [0.2, 0.25) is 20.1 Å². The van der Waals surface area contributed by atoms with Crippen molar-refractivity contribution in [2.24, 2.45) is 0 Å². The quantitative estimate of drug-likeness (QED) is 0.267. The molecule has 0 bridgehead atoms. The van der Waals surface area contributed by atoms with Gasteiger partial charge < -0.3 is 9.47 Å². The summed E-state index contributed by atoms with van der Waals surface area (Å²) in [6.45, 7) is 9.48. The SMILES string of the molecule is C=C(C)C(=O)OCc1c(Cl)c(Cl)c(Cl)c(COC(=O)C(=C)C)c1Cl. The van der Waals surface area contributed by atoms with E-state index in [1.165, 1.54) is 13.8 Å². The van der Waals surface area contributed by atoms with Crippen LogP contribution < -0.4 is 0 Å². The predicted molar refractivity (Wildman–Crippen MR) is 95.7 cm³/mol. The van der Waals surface area contributed by atoms with Crippen LogP contribution in [0.1, 0.15) is 25.0 Å². The van der Waals surface area contributed by atoms with Crippen molar-refractivity contribution in [3.05, 3.63) is 55.5 Å². The highest BCUT2D eigenvalue weighted by atomic mass is 35.5. The van der Waals surface area contributed by atoms with E-state index in [2.05, 4.69) is 13.2 Å². The van der Waals surface area contributed by atoms with Gasteiger partial charge in [-0.1, -0.05) is 59.6 Å². The van der Waals surface area contributed by atoms with Crippen LogP contribution in [0, 0.1) is 0 Å². The third-order valence-electron chi connectivity index (χ3n) is 2.84. The first-order valence-corrected chi connectivity index (χ1v) is 8.08. The molecule has 24 heavy (non-hydrogen) atoms. The third-order valence-corrected chi connectivity index (χ3v) is 4.70. The Hall–Kier alpha value is -1.20. The summed E-state index contributed by atoms with van der Waals surface area (Å²) in [5.74, 6) is -1.22. The fourth-order valence-corrected chi connectivity index (χ4v) is 2.67. The van der Waals surface area contributed by atoms with E-state index >= 15 is 0 Å². The second-order valence-electron chi connectivity index (χ2n) is 4.93. The number of hydrogen-bond donors (Lipinski definition) is 0. The van der Waals surface area contributed by atoms with Gasteiger partial charge in [-0.25, -0.2) is 9.59 Å². The molecule has 0 saturated carbocycles. The smallest absolute Gasteiger partial charge is 0.333 e. The van der Waals surface area contributed by atoms with Crippen LogP contribution in [0.5, 0.6) is 0 Å². The first-order chi connectivity index (χ1) is 11.1. The van der Waals surface area contributed by atoms with Crippen molar-refractivity contribution in [3.8, 4) is 0 Å². The number of benzene rings is 1. The van der Waals surface area contributed by atoms with Gasteiger partial charge in [0.25, 0.3) is 0 Å². The Kier molecular flexibility index (Phi) is 7.61. The molecular weight excluding hydrogens is 398 g/mol. The molecule has 0 N–H and O–H groups in total. The molecule has 0 aliphatic rings. The highest BCUT2D eigenvalue weighted by molar-refractivity contribution is 6.50. The Morgan fingerprint density at radius 3 is 1.38 bits per heavy atom. The molecule has 0 radical (unpaired) electrons. The number of esters is 2. The zero-order valence-electron chi connectivity index (χ0n) is 13.0. The minimum absolute atomic E-state index is 0.0190. The zero-order chi connectivity index (χ0) is 18.6. The topological polar surface area (TPSA) is 52.6 Å². The summed E-state index contributed by atoms with van der Waals surface area (Å²) < 4.78 is 10.1. The number of carbonyl (C=O) groups excluding carboxylic acids is 2. The molecule has 0 heterocycles. The Labute approximate surface area is 159 Å². The van der Waals surface area contributed by atoms with E-state index in [1.807, 2.05) is 0 Å². The predicted octanol–water partition coefficient (Wildman–Crippen LogP) is 5.54. The molecular formula is C16H14Cl4O4. The van der Waals surface area contributed by atoms with Crippen molar-refractivity contribution in [2.75, 3.05) is 0 Å². The molecule has 0 amide bonds. The van der Waals surface area contributed by atoms with Crippen molar-refractivity contribution in [3.63, 3.8) is 0 Å². The standard InChI is InChI=1S/C16H14Cl4O4/c1-7(2)15(21)23-5-9-11(17)10(6-24-16(22)8(3)4)13(19)14(20)12(9)18/h1,3,5-6H2,2,4H3. The van der Waals surface area contributed by atoms with Crippen molar-refractivity contribution >= 4 is 58.3 Å². The van der Waals surface area contributed by atoms with Crippen LogP contribution in [0.3, 0.4) is 0 Å². The molecule has 130 valence electrons. The van der Waals surface area contributed by atoms with E-state index in [0.29, 0.717) is 0 Å². The Morgan fingerprint density at radius 2 is 1.08 bits per heavy atom. The number of halogens is 4. The number of carbonyl (C=O) groups is 2. The first-order valence-electron chi connectivity index (χ1n) is 6.56. The highest BCUT2D eigenvalue weighted by Gasteiger charge is 2.22. The molecule has 0 aliphatic heterocycles. The lowest BCUT2D eigenvalue weighted by Crippen LogP contribution is -2.09. The molecule has 0 atom stereocenters. The van der Waals surface area contributed by atoms with E-state index < -0.39 is 11.9 Å². The minimum atomic E-state index is -0.608. The van der Waals surface area contributed by atoms with Crippen LogP contribution in [0.4, 0.5) is 0 Å². The van der Waals surface area contributed by atoms with Crippen molar-refractivity contribution in [1.82, 2.24) is 0 Å². The van der Waals surface area contributed by atoms with Gasteiger partial charge in [0.15, 0.2) is 0 Å². The van der Waals surface area contributed by atoms with Gasteiger partial charge in [-0.05, 0) is 13.8 Å². The highest BCUT2D eigenvalue weighted by Crippen LogP contribution is 2.42. The van der Waals surface area contributed by atoms with Gasteiger partial charge in [-0.3, -0.25) is 0 Å². The van der Waals surface area contributed by atoms with Crippen LogP contribution in [0.25, 0.3) is 0 Å². The fourth-order valence-electron chi connectivity index (χ4n) is 1.51. The lowest BCUT2D eigenvalue weighted by Gasteiger charge is -2.16. The van der Waals surface area contributed by atoms with E-state index in [-0.39, 0.29) is 55.6 Å². The molecule has 0 fully saturated rings. The molecule has 8 heteroatoms. The van der Waals surface area contributed by atoms with Crippen LogP contribution in [-0.2, 0) is 32.3 Å². The van der Waals surface area contributed by atoms with Crippen molar-refractivity contribution in [2.45, 2.75) is 27.1 Å².